The number of hydrogen-bond acceptors (Lipinski definition) is 7. The van der Waals surface area contributed by atoms with Crippen LogP contribution >= 0.6 is 0 Å². The van der Waals surface area contributed by atoms with Crippen LogP contribution in [0.3, 0.4) is 0 Å². The lowest BCUT2D eigenvalue weighted by atomic mass is 9.89. The predicted octanol–water partition coefficient (Wildman–Crippen LogP) is 5.73. The highest BCUT2D eigenvalue weighted by molar-refractivity contribution is 5.95. The van der Waals surface area contributed by atoms with E-state index >= 15 is 0 Å². The molecule has 0 saturated carbocycles. The van der Waals surface area contributed by atoms with Crippen molar-refractivity contribution < 1.29 is 28.6 Å². The van der Waals surface area contributed by atoms with Crippen molar-refractivity contribution in [2.45, 2.75) is 12.3 Å². The number of carboxylic acids is 1. The molecular weight excluding hydrogens is 572 g/mol. The average molecular weight is 605 g/mol. The number of nitrogens with zero attached hydrogens (tertiary/aromatic N) is 3. The molecule has 0 bridgehead atoms. The first-order valence-electron chi connectivity index (χ1n) is 14.5. The van der Waals surface area contributed by atoms with Crippen LogP contribution in [-0.4, -0.2) is 60.0 Å². The second kappa shape index (κ2) is 12.5. The maximum Gasteiger partial charge on any atom is 0.308 e. The average Bonchev–Trinajstić information content (AvgIpc) is 3.69. The van der Waals surface area contributed by atoms with Crippen LogP contribution in [0.2, 0.25) is 0 Å². The van der Waals surface area contributed by atoms with Gasteiger partial charge in [-0.05, 0) is 59.7 Å². The summed E-state index contributed by atoms with van der Waals surface area (Å²) in [5.41, 5.74) is 4.72. The van der Waals surface area contributed by atoms with Crippen molar-refractivity contribution in [1.82, 2.24) is 9.88 Å². The molecule has 0 radical (unpaired) electrons. The number of likely N-dealkylation sites (tertiary alicyclic amines) is 1. The zero-order valence-corrected chi connectivity index (χ0v) is 24.8. The molecule has 5 aromatic rings. The van der Waals surface area contributed by atoms with Gasteiger partial charge in [-0.25, -0.2) is 0 Å². The number of carbonyl (C=O) groups is 3. The van der Waals surface area contributed by atoms with E-state index in [1.165, 1.54) is 0 Å². The van der Waals surface area contributed by atoms with E-state index in [1.54, 1.807) is 54.3 Å². The number of para-hydroxylation sites is 2. The molecule has 2 amide bonds. The molecule has 0 aliphatic carbocycles. The van der Waals surface area contributed by atoms with Gasteiger partial charge in [0.2, 0.25) is 5.91 Å². The van der Waals surface area contributed by atoms with Crippen molar-refractivity contribution in [2.75, 3.05) is 37.5 Å². The summed E-state index contributed by atoms with van der Waals surface area (Å²) in [5.74, 6) is -1.67. The van der Waals surface area contributed by atoms with Crippen molar-refractivity contribution in [3.63, 3.8) is 0 Å². The molecule has 228 valence electrons. The zero-order chi connectivity index (χ0) is 31.5. The summed E-state index contributed by atoms with van der Waals surface area (Å²) in [7, 11) is 3.30. The highest BCUT2D eigenvalue weighted by atomic mass is 16.5. The minimum absolute atomic E-state index is 0.127. The lowest BCUT2D eigenvalue weighted by Gasteiger charge is -2.20. The summed E-state index contributed by atoms with van der Waals surface area (Å²) in [6.45, 7) is 0.445. The molecule has 2 N–H and O–H groups in total. The summed E-state index contributed by atoms with van der Waals surface area (Å²) in [6.07, 6.45) is 0.143. The molecule has 1 fully saturated rings. The largest absolute Gasteiger partial charge is 0.495 e. The van der Waals surface area contributed by atoms with Gasteiger partial charge in [0.1, 0.15) is 11.3 Å². The summed E-state index contributed by atoms with van der Waals surface area (Å²) in [5, 5.41) is 13.0. The SMILES string of the molecule is COc1ccccc1Nc1nc2ccc(CC(=O)N(C)c3ccc(C4CN(C(=O)c5ccccc5)CC4C(=O)O)cc3)cc2o1. The monoisotopic (exact) mass is 604 g/mol. The number of carbonyl (C=O) groups excluding carboxylic acids is 2. The minimum atomic E-state index is -0.939. The number of carboxylic acid groups (broad SMARTS) is 1. The van der Waals surface area contributed by atoms with Crippen LogP contribution in [0.4, 0.5) is 17.4 Å². The van der Waals surface area contributed by atoms with Crippen LogP contribution in [0, 0.1) is 5.92 Å². The molecular formula is C35H32N4O6. The Morgan fingerprint density at radius 2 is 1.71 bits per heavy atom. The standard InChI is InChI=1S/C35H32N4O6/c1-38(32(40)19-22-12-17-29-31(18-22)45-35(37-29)36-28-10-6-7-11-30(28)44-2)25-15-13-23(14-16-25)26-20-39(21-27(26)34(42)43)33(41)24-8-4-3-5-9-24/h3-18,26-27H,19-21H2,1-2H3,(H,36,37)(H,42,43). The highest BCUT2D eigenvalue weighted by Gasteiger charge is 2.40. The number of benzene rings is 4. The Hall–Kier alpha value is -5.64. The van der Waals surface area contributed by atoms with Crippen LogP contribution in [0.5, 0.6) is 5.75 Å². The third kappa shape index (κ3) is 6.21. The number of fused-ring (bicyclic) bond motifs is 1. The Kier molecular flexibility index (Phi) is 8.20. The maximum absolute atomic E-state index is 13.2. The summed E-state index contributed by atoms with van der Waals surface area (Å²) in [4.78, 5) is 46.0. The normalized spacial score (nSPS) is 16.0. The Balaban J connectivity index is 1.12. The summed E-state index contributed by atoms with van der Waals surface area (Å²) in [6, 6.07) is 29.4. The number of methoxy groups -OCH3 is 1. The fourth-order valence-electron chi connectivity index (χ4n) is 5.70. The van der Waals surface area contributed by atoms with Gasteiger partial charge in [-0.15, -0.1) is 0 Å². The third-order valence-corrected chi connectivity index (χ3v) is 8.18. The number of nitrogens with one attached hydrogen (secondary N) is 1. The number of aliphatic carboxylic acids is 1. The first-order chi connectivity index (χ1) is 21.8. The van der Waals surface area contributed by atoms with Gasteiger partial charge in [0.05, 0.1) is 25.1 Å². The fourth-order valence-corrected chi connectivity index (χ4v) is 5.70. The molecule has 10 nitrogen and oxygen atoms in total. The fraction of sp³-hybridized carbons (Fsp3) is 0.200. The molecule has 2 unspecified atom stereocenters. The van der Waals surface area contributed by atoms with Crippen molar-refractivity contribution in [1.29, 1.82) is 0 Å². The summed E-state index contributed by atoms with van der Waals surface area (Å²) >= 11 is 0. The molecule has 1 aliphatic rings. The third-order valence-electron chi connectivity index (χ3n) is 8.18. The van der Waals surface area contributed by atoms with Crippen molar-refractivity contribution in [3.8, 4) is 5.75 Å². The van der Waals surface area contributed by atoms with E-state index in [1.807, 2.05) is 66.7 Å². The lowest BCUT2D eigenvalue weighted by Crippen LogP contribution is -2.29. The Morgan fingerprint density at radius 1 is 0.978 bits per heavy atom. The van der Waals surface area contributed by atoms with Crippen molar-refractivity contribution in [2.24, 2.45) is 5.92 Å². The van der Waals surface area contributed by atoms with Gasteiger partial charge in [0, 0.05) is 37.3 Å². The van der Waals surface area contributed by atoms with Crippen molar-refractivity contribution in [3.05, 3.63) is 114 Å². The van der Waals surface area contributed by atoms with Gasteiger partial charge in [0.25, 0.3) is 11.9 Å². The smallest absolute Gasteiger partial charge is 0.308 e. The molecule has 10 heteroatoms. The number of likely N-dealkylation sites (N-methyl/N-ethyl adjacent to an activating group) is 1. The maximum atomic E-state index is 13.2. The van der Waals surface area contributed by atoms with E-state index in [9.17, 15) is 19.5 Å². The predicted molar refractivity (Wildman–Crippen MR) is 170 cm³/mol. The number of anilines is 3. The first-order valence-corrected chi connectivity index (χ1v) is 14.5. The van der Waals surface area contributed by atoms with E-state index in [0.29, 0.717) is 40.7 Å². The van der Waals surface area contributed by atoms with E-state index in [2.05, 4.69) is 10.3 Å². The molecule has 1 aromatic heterocycles. The second-order valence-corrected chi connectivity index (χ2v) is 11.0. The molecule has 1 aliphatic heterocycles. The zero-order valence-electron chi connectivity index (χ0n) is 24.8. The van der Waals surface area contributed by atoms with Crippen molar-refractivity contribution >= 4 is 46.3 Å². The molecule has 2 heterocycles. The molecule has 4 aromatic carbocycles. The number of ether oxygens (including phenoxy) is 1. The van der Waals surface area contributed by atoms with Crippen LogP contribution in [0.15, 0.2) is 101 Å². The number of aromatic nitrogens is 1. The van der Waals surface area contributed by atoms with E-state index in [4.69, 9.17) is 9.15 Å². The van der Waals surface area contributed by atoms with Crippen LogP contribution in [0.1, 0.15) is 27.4 Å². The summed E-state index contributed by atoms with van der Waals surface area (Å²) < 4.78 is 11.3. The lowest BCUT2D eigenvalue weighted by molar-refractivity contribution is -0.141. The van der Waals surface area contributed by atoms with Gasteiger partial charge >= 0.3 is 5.97 Å². The van der Waals surface area contributed by atoms with E-state index in [0.717, 1.165) is 16.8 Å². The number of oxazole rings is 1. The Labute approximate surface area is 259 Å². The second-order valence-electron chi connectivity index (χ2n) is 11.0. The molecule has 2 atom stereocenters. The topological polar surface area (TPSA) is 125 Å². The molecule has 45 heavy (non-hydrogen) atoms. The van der Waals surface area contributed by atoms with Crippen LogP contribution < -0.4 is 15.0 Å². The van der Waals surface area contributed by atoms with Gasteiger partial charge in [0.15, 0.2) is 5.58 Å². The van der Waals surface area contributed by atoms with E-state index < -0.39 is 11.9 Å². The number of amides is 2. The Bertz CT molecular complexity index is 1850. The van der Waals surface area contributed by atoms with E-state index in [-0.39, 0.29) is 30.7 Å². The highest BCUT2D eigenvalue weighted by Crippen LogP contribution is 2.35. The molecule has 6 rings (SSSR count). The molecule has 1 saturated heterocycles. The van der Waals surface area contributed by atoms with Gasteiger partial charge in [-0.1, -0.05) is 48.5 Å². The first kappa shape index (κ1) is 29.4. The van der Waals surface area contributed by atoms with Crippen LogP contribution in [0.25, 0.3) is 11.1 Å². The van der Waals surface area contributed by atoms with Gasteiger partial charge in [-0.2, -0.15) is 4.98 Å². The number of rotatable bonds is 9. The van der Waals surface area contributed by atoms with Gasteiger partial charge in [-0.3, -0.25) is 14.4 Å². The van der Waals surface area contributed by atoms with Gasteiger partial charge < -0.3 is 29.4 Å². The minimum Gasteiger partial charge on any atom is -0.495 e. The molecule has 0 spiro atoms. The Morgan fingerprint density at radius 3 is 2.44 bits per heavy atom. The quantitative estimate of drug-likeness (QED) is 0.219. The number of hydrogen-bond donors (Lipinski definition) is 2. The van der Waals surface area contributed by atoms with Crippen LogP contribution in [-0.2, 0) is 16.0 Å².